The Morgan fingerprint density at radius 2 is 1.30 bits per heavy atom. The molecule has 458 valence electrons. The first kappa shape index (κ1) is 66.7. The van der Waals surface area contributed by atoms with Crippen molar-refractivity contribution in [3.63, 3.8) is 0 Å². The van der Waals surface area contributed by atoms with Crippen LogP contribution in [0.1, 0.15) is 141 Å². The molecule has 0 unspecified atom stereocenters. The summed E-state index contributed by atoms with van der Waals surface area (Å²) in [6, 6.07) is 9.35. The van der Waals surface area contributed by atoms with E-state index in [2.05, 4.69) is 52.7 Å². The summed E-state index contributed by atoms with van der Waals surface area (Å²) in [5.74, 6) is -4.71. The van der Waals surface area contributed by atoms with Crippen molar-refractivity contribution in [1.29, 1.82) is 0 Å². The molecule has 0 spiro atoms. The number of aromatic nitrogens is 2. The molecule has 0 saturated carbocycles. The van der Waals surface area contributed by atoms with Crippen molar-refractivity contribution in [2.75, 3.05) is 46.6 Å². The normalized spacial score (nSPS) is 16.2. The highest BCUT2D eigenvalue weighted by atomic mass is 16.6. The van der Waals surface area contributed by atoms with E-state index < -0.39 is 88.5 Å². The van der Waals surface area contributed by atoms with E-state index in [9.17, 15) is 39.0 Å². The average Bonchev–Trinajstić information content (AvgIpc) is 1.88. The number of carboxylic acids is 1. The number of alkyl carbamates (subject to hydrolysis) is 2. The fourth-order valence-electron chi connectivity index (χ4n) is 8.79. The first-order valence-electron chi connectivity index (χ1n) is 27.9. The van der Waals surface area contributed by atoms with Crippen LogP contribution in [0.15, 0.2) is 54.6 Å². The molecular formula is C61H85N9O14. The molecule has 0 saturated heterocycles. The number of benzene rings is 3. The molecule has 4 atom stereocenters. The first-order valence-corrected chi connectivity index (χ1v) is 27.9. The van der Waals surface area contributed by atoms with Crippen LogP contribution in [0, 0.1) is 13.8 Å². The second kappa shape index (κ2) is 28.0. The molecule has 2 heterocycles. The lowest BCUT2D eigenvalue weighted by Gasteiger charge is -2.33. The third-order valence-electron chi connectivity index (χ3n) is 12.9. The van der Waals surface area contributed by atoms with Gasteiger partial charge in [0.15, 0.2) is 17.3 Å². The van der Waals surface area contributed by atoms with Gasteiger partial charge in [0.2, 0.25) is 17.7 Å². The minimum absolute atomic E-state index is 0.00294. The maximum atomic E-state index is 15.3. The predicted octanol–water partition coefficient (Wildman–Crippen LogP) is 6.92. The van der Waals surface area contributed by atoms with Gasteiger partial charge in [0.05, 0.1) is 42.4 Å². The molecule has 0 fully saturated rings. The van der Waals surface area contributed by atoms with Crippen molar-refractivity contribution < 1.29 is 67.5 Å². The molecule has 8 N–H and O–H groups in total. The molecular weight excluding hydrogens is 1080 g/mol. The minimum atomic E-state index is -1.60. The molecule has 1 aliphatic rings. The number of hydrogen-bond acceptors (Lipinski definition) is 16. The third kappa shape index (κ3) is 19.5. The van der Waals surface area contributed by atoms with E-state index in [0.717, 1.165) is 16.0 Å². The highest BCUT2D eigenvalue weighted by molar-refractivity contribution is 6.00. The number of hydrogen-bond donors (Lipinski definition) is 8. The van der Waals surface area contributed by atoms with Crippen molar-refractivity contribution in [3.8, 4) is 39.8 Å². The number of ether oxygens (including phenoxy) is 5. The fraction of sp³-hybridized carbons (Fsp3) is 0.525. The number of phenols is 1. The number of likely N-dealkylation sites (N-methyl/N-ethyl adjacent to an activating group) is 1. The van der Waals surface area contributed by atoms with Crippen LogP contribution in [0.5, 0.6) is 17.2 Å². The van der Waals surface area contributed by atoms with Gasteiger partial charge in [-0.15, -0.1) is 0 Å². The maximum absolute atomic E-state index is 15.3. The van der Waals surface area contributed by atoms with Crippen molar-refractivity contribution in [2.45, 2.75) is 163 Å². The van der Waals surface area contributed by atoms with Gasteiger partial charge in [-0.05, 0) is 142 Å². The monoisotopic (exact) mass is 1170 g/mol. The predicted molar refractivity (Wildman–Crippen MR) is 315 cm³/mol. The number of phenolic OH excluding ortho intramolecular Hbond substituents is 1. The quantitative estimate of drug-likeness (QED) is 0.0349. The minimum Gasteiger partial charge on any atom is -0.504 e. The molecule has 6 amide bonds. The number of rotatable bonds is 19. The number of amides is 6. The average molecular weight is 1170 g/mol. The third-order valence-corrected chi connectivity index (χ3v) is 12.9. The first-order chi connectivity index (χ1) is 39.0. The van der Waals surface area contributed by atoms with Crippen LogP contribution in [0.2, 0.25) is 0 Å². The Kier molecular flexibility index (Phi) is 22.3. The molecule has 3 aromatic carbocycles. The Morgan fingerprint density at radius 3 is 1.83 bits per heavy atom. The van der Waals surface area contributed by atoms with Gasteiger partial charge >= 0.3 is 18.2 Å². The van der Waals surface area contributed by atoms with Crippen LogP contribution in [-0.4, -0.2) is 148 Å². The molecule has 4 aromatic rings. The Labute approximate surface area is 492 Å². The van der Waals surface area contributed by atoms with E-state index >= 15 is 4.79 Å². The van der Waals surface area contributed by atoms with Crippen LogP contribution in [0.3, 0.4) is 0 Å². The highest BCUT2D eigenvalue weighted by Crippen LogP contribution is 2.44. The van der Waals surface area contributed by atoms with E-state index in [1.54, 1.807) is 55.4 Å². The second-order valence-electron chi connectivity index (χ2n) is 24.6. The van der Waals surface area contributed by atoms with E-state index in [4.69, 9.17) is 33.7 Å². The van der Waals surface area contributed by atoms with Gasteiger partial charge in [0, 0.05) is 30.2 Å². The van der Waals surface area contributed by atoms with Gasteiger partial charge < -0.3 is 65.4 Å². The summed E-state index contributed by atoms with van der Waals surface area (Å²) >= 11 is 0. The van der Waals surface area contributed by atoms with E-state index in [1.807, 2.05) is 45.0 Å². The van der Waals surface area contributed by atoms with Gasteiger partial charge in [0.25, 0.3) is 5.91 Å². The lowest BCUT2D eigenvalue weighted by atomic mass is 9.86. The van der Waals surface area contributed by atoms with Crippen molar-refractivity contribution in [3.05, 3.63) is 88.2 Å². The van der Waals surface area contributed by atoms with Crippen molar-refractivity contribution >= 4 is 41.8 Å². The summed E-state index contributed by atoms with van der Waals surface area (Å²) in [5, 5.41) is 39.1. The number of carbonyl (C=O) groups excluding carboxylic acids is 6. The summed E-state index contributed by atoms with van der Waals surface area (Å²) in [5.41, 5.74) is 1.04. The van der Waals surface area contributed by atoms with Gasteiger partial charge in [-0.1, -0.05) is 51.1 Å². The number of nitrogens with zero attached hydrogens (tertiary/aromatic N) is 3. The zero-order chi connectivity index (χ0) is 62.6. The number of carbonyl (C=O) groups is 7. The van der Waals surface area contributed by atoms with Crippen LogP contribution >= 0.6 is 0 Å². The molecule has 1 aliphatic heterocycles. The van der Waals surface area contributed by atoms with Crippen LogP contribution in [-0.2, 0) is 45.2 Å². The molecule has 0 radical (unpaired) electrons. The number of nitrogens with one attached hydrogen (secondary N) is 6. The Morgan fingerprint density at radius 1 is 0.726 bits per heavy atom. The standard InChI is InChI=1S/C61H85N9O14/c1-34-47(35(2)66-50(65-34)38-17-20-40(21-18-38)58(4,5)6)52(73)68-43(23-24-62-33-82-59(7,8)9)54(75)70(16)48-39-19-22-45(80-27-25-63-56(78)83-60(10,11)12)41(32-39)42-29-37(30-44(55(76)77)69-51(72)36(3)67-53(48)74)31-46(49(42)71)81-28-26-64-57(79)84-61(13,14)15/h17-22,29,31-32,36,43-44,48,62,71H,23-28,30,33H2,1-16H3,(H,63,78)(H,64,79)(H,67,74)(H,68,73)(H,69,72)(H,76,77)/t36-,43-,44-,48-/m0/s1. The van der Waals surface area contributed by atoms with Crippen LogP contribution in [0.4, 0.5) is 9.59 Å². The van der Waals surface area contributed by atoms with Crippen molar-refractivity contribution in [1.82, 2.24) is 46.8 Å². The van der Waals surface area contributed by atoms with Gasteiger partial charge in [-0.2, -0.15) is 0 Å². The zero-order valence-corrected chi connectivity index (χ0v) is 51.3. The molecule has 4 bridgehead atoms. The van der Waals surface area contributed by atoms with E-state index in [0.29, 0.717) is 17.2 Å². The van der Waals surface area contributed by atoms with Gasteiger partial charge in [-0.3, -0.25) is 24.5 Å². The lowest BCUT2D eigenvalue weighted by molar-refractivity contribution is -0.143. The fourth-order valence-corrected chi connectivity index (χ4v) is 8.79. The van der Waals surface area contributed by atoms with E-state index in [-0.39, 0.29) is 97.2 Å². The summed E-state index contributed by atoms with van der Waals surface area (Å²) in [6.45, 7) is 26.7. The topological polar surface area (TPSA) is 307 Å². The molecule has 1 aromatic heterocycles. The van der Waals surface area contributed by atoms with E-state index in [1.165, 1.54) is 44.3 Å². The molecule has 23 nitrogen and oxygen atoms in total. The number of fused-ring (bicyclic) bond motifs is 5. The Hall–Kier alpha value is -8.05. The maximum Gasteiger partial charge on any atom is 0.407 e. The molecule has 0 aliphatic carbocycles. The molecule has 5 rings (SSSR count). The number of carboxylic acid groups (broad SMARTS) is 1. The lowest BCUT2D eigenvalue weighted by Crippen LogP contribution is -2.55. The summed E-state index contributed by atoms with van der Waals surface area (Å²) in [4.78, 5) is 107. The van der Waals surface area contributed by atoms with Gasteiger partial charge in [0.1, 0.15) is 54.3 Å². The Bertz CT molecular complexity index is 3010. The van der Waals surface area contributed by atoms with Crippen molar-refractivity contribution in [2.24, 2.45) is 0 Å². The molecule has 84 heavy (non-hydrogen) atoms. The highest BCUT2D eigenvalue weighted by Gasteiger charge is 2.37. The summed E-state index contributed by atoms with van der Waals surface area (Å²) < 4.78 is 28.9. The number of aromatic hydroxyl groups is 1. The molecule has 23 heteroatoms. The largest absolute Gasteiger partial charge is 0.504 e. The SMILES string of the molecule is Cc1nc(-c2ccc(C(C)(C)C)cc2)nc(C)c1C(=O)N[C@@H](CCNCOC(C)(C)C)C(=O)N(C)[C@@H]1C(=O)N[C@@H](C)C(=O)N[C@H](C(=O)O)Cc2cc(OCCNC(=O)OC(C)(C)C)c(O)c(c2)-c2cc1ccc2OCCNC(=O)OC(C)(C)C. The summed E-state index contributed by atoms with van der Waals surface area (Å²) in [7, 11) is 1.36. The summed E-state index contributed by atoms with van der Waals surface area (Å²) in [6.07, 6.45) is -1.79. The zero-order valence-electron chi connectivity index (χ0n) is 51.3. The second-order valence-corrected chi connectivity index (χ2v) is 24.6. The Balaban J connectivity index is 1.63. The number of aryl methyl sites for hydroxylation is 2. The van der Waals surface area contributed by atoms with Crippen LogP contribution < -0.4 is 41.4 Å². The smallest absolute Gasteiger partial charge is 0.407 e. The van der Waals surface area contributed by atoms with Gasteiger partial charge in [-0.25, -0.2) is 24.4 Å². The van der Waals surface area contributed by atoms with Crippen LogP contribution in [0.25, 0.3) is 22.5 Å². The number of aliphatic carboxylic acids is 1.